The molecule has 1 atom stereocenters. The van der Waals surface area contributed by atoms with E-state index in [9.17, 15) is 13.2 Å². The van der Waals surface area contributed by atoms with Gasteiger partial charge in [0.2, 0.25) is 5.75 Å². The van der Waals surface area contributed by atoms with E-state index in [4.69, 9.17) is 15.2 Å². The van der Waals surface area contributed by atoms with Crippen LogP contribution in [0.1, 0.15) is 12.5 Å². The van der Waals surface area contributed by atoms with Crippen molar-refractivity contribution >= 4 is 28.1 Å². The van der Waals surface area contributed by atoms with Crippen LogP contribution in [-0.4, -0.2) is 31.1 Å². The standard InChI is InChI=1S/C21H19F3N4O2/c1-21(10-30-9-16(25)28-21)13-8-11(6-7-14(13)22)26-15-5-3-4-12-17(23)19(29-2)20(24)27-18(12)15/h3-8,26H,9-10H2,1-2H3,(H2,25,28). The Labute approximate surface area is 170 Å². The zero-order valence-corrected chi connectivity index (χ0v) is 16.3. The van der Waals surface area contributed by atoms with Crippen LogP contribution in [0.5, 0.6) is 5.75 Å². The summed E-state index contributed by atoms with van der Waals surface area (Å²) in [6, 6.07) is 9.04. The second kappa shape index (κ2) is 7.49. The van der Waals surface area contributed by atoms with Crippen molar-refractivity contribution in [3.8, 4) is 5.75 Å². The number of nitrogens with two attached hydrogens (primary N) is 1. The molecule has 1 aromatic heterocycles. The zero-order valence-electron chi connectivity index (χ0n) is 16.3. The Balaban J connectivity index is 1.77. The number of hydrogen-bond acceptors (Lipinski definition) is 6. The third-order valence-electron chi connectivity index (χ3n) is 4.92. The van der Waals surface area contributed by atoms with Crippen LogP contribution in [0.15, 0.2) is 41.4 Å². The highest BCUT2D eigenvalue weighted by atomic mass is 19.1. The first-order valence-corrected chi connectivity index (χ1v) is 9.13. The summed E-state index contributed by atoms with van der Waals surface area (Å²) in [5.74, 6) is -2.65. The Hall–Kier alpha value is -3.33. The Bertz CT molecular complexity index is 1170. The molecule has 0 aliphatic carbocycles. The molecular weight excluding hydrogens is 397 g/mol. The maximum atomic E-state index is 14.6. The molecule has 30 heavy (non-hydrogen) atoms. The first kappa shape index (κ1) is 20.0. The quantitative estimate of drug-likeness (QED) is 0.628. The van der Waals surface area contributed by atoms with Crippen LogP contribution in [0.25, 0.3) is 10.9 Å². The molecule has 6 nitrogen and oxygen atoms in total. The highest BCUT2D eigenvalue weighted by Gasteiger charge is 2.33. The summed E-state index contributed by atoms with van der Waals surface area (Å²) in [6.07, 6.45) is 0. The number of para-hydroxylation sites is 1. The SMILES string of the molecule is COc1c(F)nc2c(Nc3ccc(F)c(C4(C)COCC(N)=N4)c3)cccc2c1F. The number of hydrogen-bond donors (Lipinski definition) is 2. The Morgan fingerprint density at radius 2 is 2.00 bits per heavy atom. The topological polar surface area (TPSA) is 81.8 Å². The first-order valence-electron chi connectivity index (χ1n) is 9.13. The summed E-state index contributed by atoms with van der Waals surface area (Å²) in [5, 5.41) is 3.14. The number of halogens is 3. The lowest BCUT2D eigenvalue weighted by molar-refractivity contribution is 0.104. The van der Waals surface area contributed by atoms with Gasteiger partial charge in [0.25, 0.3) is 5.95 Å². The van der Waals surface area contributed by atoms with E-state index in [1.807, 2.05) is 0 Å². The highest BCUT2D eigenvalue weighted by molar-refractivity contribution is 5.93. The summed E-state index contributed by atoms with van der Waals surface area (Å²) >= 11 is 0. The molecule has 0 fully saturated rings. The molecule has 0 spiro atoms. The van der Waals surface area contributed by atoms with Gasteiger partial charge in [-0.2, -0.15) is 4.39 Å². The average molecular weight is 416 g/mol. The van der Waals surface area contributed by atoms with Gasteiger partial charge >= 0.3 is 0 Å². The van der Waals surface area contributed by atoms with Crippen LogP contribution in [0.3, 0.4) is 0 Å². The van der Waals surface area contributed by atoms with Crippen LogP contribution in [0, 0.1) is 17.6 Å². The summed E-state index contributed by atoms with van der Waals surface area (Å²) in [7, 11) is 1.17. The minimum Gasteiger partial charge on any atom is -0.490 e. The van der Waals surface area contributed by atoms with Crippen molar-refractivity contribution in [2.75, 3.05) is 25.6 Å². The van der Waals surface area contributed by atoms with Gasteiger partial charge in [0.1, 0.15) is 29.3 Å². The van der Waals surface area contributed by atoms with Crippen LogP contribution < -0.4 is 15.8 Å². The maximum Gasteiger partial charge on any atom is 0.259 e. The monoisotopic (exact) mass is 416 g/mol. The number of pyridine rings is 1. The van der Waals surface area contributed by atoms with Gasteiger partial charge < -0.3 is 20.5 Å². The molecule has 0 amide bonds. The van der Waals surface area contributed by atoms with Crippen molar-refractivity contribution in [1.82, 2.24) is 4.98 Å². The van der Waals surface area contributed by atoms with Gasteiger partial charge in [0, 0.05) is 16.6 Å². The summed E-state index contributed by atoms with van der Waals surface area (Å²) in [6.45, 7) is 2.08. The molecule has 1 aliphatic heterocycles. The third kappa shape index (κ3) is 3.41. The lowest BCUT2D eigenvalue weighted by Gasteiger charge is -2.30. The second-order valence-electron chi connectivity index (χ2n) is 7.14. The molecule has 0 bridgehead atoms. The normalized spacial score (nSPS) is 18.9. The van der Waals surface area contributed by atoms with E-state index in [0.29, 0.717) is 11.4 Å². The lowest BCUT2D eigenvalue weighted by atomic mass is 9.91. The second-order valence-corrected chi connectivity index (χ2v) is 7.14. The van der Waals surface area contributed by atoms with Crippen LogP contribution >= 0.6 is 0 Å². The van der Waals surface area contributed by atoms with Crippen LogP contribution in [0.4, 0.5) is 24.5 Å². The number of aromatic nitrogens is 1. The summed E-state index contributed by atoms with van der Waals surface area (Å²) < 4.78 is 53.5. The number of rotatable bonds is 4. The molecule has 2 heterocycles. The highest BCUT2D eigenvalue weighted by Crippen LogP contribution is 2.35. The van der Waals surface area contributed by atoms with E-state index >= 15 is 0 Å². The van der Waals surface area contributed by atoms with Gasteiger partial charge in [-0.25, -0.2) is 13.8 Å². The van der Waals surface area contributed by atoms with Gasteiger partial charge in [0.15, 0.2) is 5.82 Å². The molecule has 2 aromatic carbocycles. The zero-order chi connectivity index (χ0) is 21.5. The van der Waals surface area contributed by atoms with Crippen molar-refractivity contribution in [2.45, 2.75) is 12.5 Å². The summed E-state index contributed by atoms with van der Waals surface area (Å²) in [5.41, 5.74) is 5.97. The van der Waals surface area contributed by atoms with Gasteiger partial charge in [-0.3, -0.25) is 4.99 Å². The molecule has 156 valence electrons. The van der Waals surface area contributed by atoms with Gasteiger partial charge in [-0.1, -0.05) is 6.07 Å². The predicted octanol–water partition coefficient (Wildman–Crippen LogP) is 4.01. The minimum absolute atomic E-state index is 0.0775. The van der Waals surface area contributed by atoms with Gasteiger partial charge in [-0.15, -0.1) is 0 Å². The van der Waals surface area contributed by atoms with E-state index in [1.165, 1.54) is 25.3 Å². The average Bonchev–Trinajstić information content (AvgIpc) is 2.70. The smallest absolute Gasteiger partial charge is 0.259 e. The fourth-order valence-corrected chi connectivity index (χ4v) is 3.52. The number of fused-ring (bicyclic) bond motifs is 1. The van der Waals surface area contributed by atoms with Crippen molar-refractivity contribution < 1.29 is 22.6 Å². The molecule has 0 saturated heterocycles. The number of ether oxygens (including phenoxy) is 2. The van der Waals surface area contributed by atoms with E-state index in [1.54, 1.807) is 25.1 Å². The molecular formula is C21H19F3N4O2. The molecule has 4 rings (SSSR count). The summed E-state index contributed by atoms with van der Waals surface area (Å²) in [4.78, 5) is 8.19. The van der Waals surface area contributed by atoms with Gasteiger partial charge in [-0.05, 0) is 37.3 Å². The number of anilines is 2. The molecule has 3 aromatic rings. The van der Waals surface area contributed by atoms with Crippen LogP contribution in [0.2, 0.25) is 0 Å². The number of methoxy groups -OCH3 is 1. The molecule has 3 N–H and O–H groups in total. The van der Waals surface area contributed by atoms with Gasteiger partial charge in [0.05, 0.1) is 19.4 Å². The number of benzene rings is 2. The van der Waals surface area contributed by atoms with Crippen LogP contribution in [-0.2, 0) is 10.3 Å². The van der Waals surface area contributed by atoms with Crippen molar-refractivity contribution in [1.29, 1.82) is 0 Å². The van der Waals surface area contributed by atoms with Crippen molar-refractivity contribution in [3.63, 3.8) is 0 Å². The molecule has 1 aliphatic rings. The Kier molecular flexibility index (Phi) is 4.98. The third-order valence-corrected chi connectivity index (χ3v) is 4.92. The van der Waals surface area contributed by atoms with Crippen molar-refractivity contribution in [3.05, 3.63) is 59.5 Å². The number of nitrogens with one attached hydrogen (secondary N) is 1. The van der Waals surface area contributed by atoms with E-state index in [-0.39, 0.29) is 35.5 Å². The van der Waals surface area contributed by atoms with E-state index < -0.39 is 28.9 Å². The molecule has 0 radical (unpaired) electrons. The molecule has 9 heteroatoms. The fraction of sp³-hybridized carbons (Fsp3) is 0.238. The maximum absolute atomic E-state index is 14.6. The Morgan fingerprint density at radius 1 is 1.20 bits per heavy atom. The number of nitrogens with zero attached hydrogens (tertiary/aromatic N) is 2. The number of aliphatic imine (C=N–C) groups is 1. The lowest BCUT2D eigenvalue weighted by Crippen LogP contribution is -2.38. The van der Waals surface area contributed by atoms with E-state index in [2.05, 4.69) is 15.3 Å². The van der Waals surface area contributed by atoms with Crippen molar-refractivity contribution in [2.24, 2.45) is 10.7 Å². The largest absolute Gasteiger partial charge is 0.490 e. The fourth-order valence-electron chi connectivity index (χ4n) is 3.52. The predicted molar refractivity (Wildman–Crippen MR) is 108 cm³/mol. The Morgan fingerprint density at radius 3 is 2.73 bits per heavy atom. The number of amidine groups is 1. The molecule has 1 unspecified atom stereocenters. The first-order chi connectivity index (χ1) is 14.3. The molecule has 0 saturated carbocycles. The minimum atomic E-state index is -1.06. The van der Waals surface area contributed by atoms with E-state index in [0.717, 1.165) is 0 Å².